The Labute approximate surface area is 186 Å². The van der Waals surface area contributed by atoms with Crippen LogP contribution in [0.15, 0.2) is 34.0 Å². The van der Waals surface area contributed by atoms with Crippen molar-refractivity contribution in [2.45, 2.75) is 32.7 Å². The van der Waals surface area contributed by atoms with Gasteiger partial charge >= 0.3 is 0 Å². The van der Waals surface area contributed by atoms with E-state index in [1.54, 1.807) is 12.4 Å². The molecule has 0 spiro atoms. The van der Waals surface area contributed by atoms with Crippen molar-refractivity contribution in [1.29, 1.82) is 0 Å². The molecule has 1 saturated heterocycles. The number of nitrogens with zero attached hydrogens (tertiary/aromatic N) is 5. The zero-order valence-electron chi connectivity index (χ0n) is 17.2. The summed E-state index contributed by atoms with van der Waals surface area (Å²) in [6.07, 6.45) is 5.46. The second kappa shape index (κ2) is 9.43. The minimum absolute atomic E-state index is 0.0800. The highest BCUT2D eigenvalue weighted by atomic mass is 35.5. The molecule has 0 saturated carbocycles. The number of halogens is 2. The van der Waals surface area contributed by atoms with E-state index < -0.39 is 0 Å². The molecule has 0 aliphatic carbocycles. The van der Waals surface area contributed by atoms with Crippen molar-refractivity contribution in [3.63, 3.8) is 0 Å². The average molecular weight is 452 g/mol. The van der Waals surface area contributed by atoms with E-state index >= 15 is 0 Å². The molecule has 1 fully saturated rings. The number of anilines is 1. The van der Waals surface area contributed by atoms with Crippen LogP contribution in [0.5, 0.6) is 0 Å². The van der Waals surface area contributed by atoms with Crippen molar-refractivity contribution >= 4 is 34.7 Å². The molecule has 2 N–H and O–H groups in total. The van der Waals surface area contributed by atoms with Gasteiger partial charge < -0.3 is 9.32 Å². The molecule has 1 unspecified atom stereocenters. The largest absolute Gasteiger partial charge is 0.464 e. The van der Waals surface area contributed by atoms with Crippen LogP contribution in [0.2, 0.25) is 10.0 Å². The van der Waals surface area contributed by atoms with Crippen LogP contribution in [0.25, 0.3) is 0 Å². The van der Waals surface area contributed by atoms with Crippen molar-refractivity contribution in [1.82, 2.24) is 26.0 Å². The Morgan fingerprint density at radius 3 is 2.50 bits per heavy atom. The number of unbranched alkanes of at least 4 members (excludes halogenated alkanes) is 1. The summed E-state index contributed by atoms with van der Waals surface area (Å²) in [4.78, 5) is 8.67. The Morgan fingerprint density at radius 1 is 1.13 bits per heavy atom. The number of furan rings is 1. The molecule has 8 nitrogen and oxygen atoms in total. The van der Waals surface area contributed by atoms with Gasteiger partial charge in [0.1, 0.15) is 17.6 Å². The molecule has 2 aromatic rings. The average Bonchev–Trinajstić information content (AvgIpc) is 3.37. The van der Waals surface area contributed by atoms with Crippen LogP contribution in [-0.4, -0.2) is 53.5 Å². The number of aryl methyl sites for hydroxylation is 1. The fourth-order valence-corrected chi connectivity index (χ4v) is 4.54. The van der Waals surface area contributed by atoms with Crippen LogP contribution in [0.4, 0.5) is 5.69 Å². The SMILES string of the molecule is CCCCN1NNN=C1C(c1ccc(C)o1)N1CCN(c2c(Cl)cncc2Cl)CC1. The van der Waals surface area contributed by atoms with Gasteiger partial charge in [-0.05, 0) is 25.5 Å². The molecule has 1 atom stereocenters. The monoisotopic (exact) mass is 451 g/mol. The fraction of sp³-hybridized carbons (Fsp3) is 0.500. The summed E-state index contributed by atoms with van der Waals surface area (Å²) in [6.45, 7) is 8.25. The quantitative estimate of drug-likeness (QED) is 0.665. The van der Waals surface area contributed by atoms with Gasteiger partial charge in [0.05, 0.1) is 15.7 Å². The highest BCUT2D eigenvalue weighted by Gasteiger charge is 2.36. The Morgan fingerprint density at radius 2 is 1.87 bits per heavy atom. The lowest BCUT2D eigenvalue weighted by Gasteiger charge is -2.40. The van der Waals surface area contributed by atoms with E-state index in [1.807, 2.05) is 19.1 Å². The van der Waals surface area contributed by atoms with Gasteiger partial charge in [0.2, 0.25) is 0 Å². The Kier molecular flexibility index (Phi) is 6.67. The van der Waals surface area contributed by atoms with Crippen molar-refractivity contribution < 1.29 is 4.42 Å². The minimum Gasteiger partial charge on any atom is -0.464 e. The number of hydrogen-bond acceptors (Lipinski definition) is 8. The fourth-order valence-electron chi connectivity index (χ4n) is 3.94. The van der Waals surface area contributed by atoms with E-state index in [-0.39, 0.29) is 6.04 Å². The molecular formula is C20H27Cl2N7O. The van der Waals surface area contributed by atoms with Crippen molar-refractivity contribution in [2.75, 3.05) is 37.6 Å². The first-order valence-electron chi connectivity index (χ1n) is 10.3. The molecule has 4 rings (SSSR count). The molecule has 30 heavy (non-hydrogen) atoms. The first-order chi connectivity index (χ1) is 14.6. The number of hydrazone groups is 1. The summed E-state index contributed by atoms with van der Waals surface area (Å²) in [5, 5.41) is 7.79. The lowest BCUT2D eigenvalue weighted by molar-refractivity contribution is 0.188. The summed E-state index contributed by atoms with van der Waals surface area (Å²) < 4.78 is 6.04. The minimum atomic E-state index is -0.0800. The number of hydrogen-bond donors (Lipinski definition) is 2. The molecule has 2 aromatic heterocycles. The van der Waals surface area contributed by atoms with Crippen molar-refractivity contribution in [3.8, 4) is 0 Å². The summed E-state index contributed by atoms with van der Waals surface area (Å²) in [5.41, 5.74) is 6.92. The van der Waals surface area contributed by atoms with Crippen molar-refractivity contribution in [2.24, 2.45) is 5.10 Å². The maximum atomic E-state index is 6.37. The summed E-state index contributed by atoms with van der Waals surface area (Å²) in [7, 11) is 0. The molecular weight excluding hydrogens is 425 g/mol. The van der Waals surface area contributed by atoms with Crippen LogP contribution < -0.4 is 16.0 Å². The third-order valence-electron chi connectivity index (χ3n) is 5.47. The molecule has 10 heteroatoms. The van der Waals surface area contributed by atoms with E-state index in [0.29, 0.717) is 10.0 Å². The van der Waals surface area contributed by atoms with Gasteiger partial charge in [-0.1, -0.05) is 36.5 Å². The molecule has 0 amide bonds. The van der Waals surface area contributed by atoms with Gasteiger partial charge in [0, 0.05) is 45.1 Å². The van der Waals surface area contributed by atoms with Gasteiger partial charge in [0.25, 0.3) is 0 Å². The molecule has 2 aliphatic heterocycles. The Hall–Kier alpha value is -2.00. The molecule has 162 valence electrons. The zero-order valence-corrected chi connectivity index (χ0v) is 18.7. The van der Waals surface area contributed by atoms with Gasteiger partial charge in [-0.3, -0.25) is 14.9 Å². The predicted molar refractivity (Wildman–Crippen MR) is 120 cm³/mol. The number of hydrazine groups is 2. The van der Waals surface area contributed by atoms with Crippen LogP contribution >= 0.6 is 23.2 Å². The Balaban J connectivity index is 1.54. The number of rotatable bonds is 7. The molecule has 0 radical (unpaired) electrons. The molecule has 4 heterocycles. The number of amidine groups is 1. The highest BCUT2D eigenvalue weighted by Crippen LogP contribution is 2.34. The van der Waals surface area contributed by atoms with Crippen LogP contribution in [-0.2, 0) is 0 Å². The summed E-state index contributed by atoms with van der Waals surface area (Å²) >= 11 is 12.7. The zero-order chi connectivity index (χ0) is 21.1. The molecule has 0 bridgehead atoms. The van der Waals surface area contributed by atoms with Gasteiger partial charge in [-0.2, -0.15) is 0 Å². The van der Waals surface area contributed by atoms with Crippen LogP contribution in [0.1, 0.15) is 37.3 Å². The maximum Gasteiger partial charge on any atom is 0.167 e. The van der Waals surface area contributed by atoms with Gasteiger partial charge in [-0.25, -0.2) is 5.53 Å². The smallest absolute Gasteiger partial charge is 0.167 e. The predicted octanol–water partition coefficient (Wildman–Crippen LogP) is 3.59. The van der Waals surface area contributed by atoms with Crippen molar-refractivity contribution in [3.05, 3.63) is 46.1 Å². The summed E-state index contributed by atoms with van der Waals surface area (Å²) in [6, 6.07) is 3.97. The number of piperazine rings is 1. The Bertz CT molecular complexity index is 875. The van der Waals surface area contributed by atoms with Gasteiger partial charge in [0.15, 0.2) is 5.84 Å². The van der Waals surface area contributed by atoms with Crippen LogP contribution in [0.3, 0.4) is 0 Å². The van der Waals surface area contributed by atoms with E-state index in [0.717, 1.165) is 68.6 Å². The number of pyridine rings is 1. The first-order valence-corrected chi connectivity index (χ1v) is 11.0. The van der Waals surface area contributed by atoms with E-state index in [2.05, 4.69) is 42.9 Å². The lowest BCUT2D eigenvalue weighted by Crippen LogP contribution is -2.52. The molecule has 2 aliphatic rings. The topological polar surface area (TPSA) is 72.2 Å². The van der Waals surface area contributed by atoms with Gasteiger partial charge in [-0.15, -0.1) is 10.6 Å². The normalized spacial score (nSPS) is 18.5. The second-order valence-corrected chi connectivity index (χ2v) is 8.34. The highest BCUT2D eigenvalue weighted by molar-refractivity contribution is 6.38. The first kappa shape index (κ1) is 21.2. The third-order valence-corrected chi connectivity index (χ3v) is 6.02. The number of aromatic nitrogens is 1. The second-order valence-electron chi connectivity index (χ2n) is 7.52. The van der Waals surface area contributed by atoms with E-state index in [1.165, 1.54) is 0 Å². The third kappa shape index (κ3) is 4.37. The van der Waals surface area contributed by atoms with E-state index in [4.69, 9.17) is 27.6 Å². The standard InChI is InChI=1S/C20H27Cl2N7O/c1-3-4-7-29-20(24-25-26-29)19(17-6-5-14(2)30-17)28-10-8-27(9-11-28)18-15(21)12-23-13-16(18)22/h5-6,12-13,19,25-26H,3-4,7-11H2,1-2H3. The van der Waals surface area contributed by atoms with Crippen LogP contribution in [0, 0.1) is 6.92 Å². The van der Waals surface area contributed by atoms with E-state index in [9.17, 15) is 0 Å². The summed E-state index contributed by atoms with van der Waals surface area (Å²) in [5.74, 6) is 2.71. The maximum absolute atomic E-state index is 6.37. The molecule has 0 aromatic carbocycles. The lowest BCUT2D eigenvalue weighted by atomic mass is 10.1. The number of nitrogens with one attached hydrogen (secondary N) is 2.